The molecule has 0 fully saturated rings. The standard InChI is InChI=1S/C14H19N3O2/c1-4-19-11-7-5-10(6-8-11)17-14(18)12(15)13(16-17)9(2)3/h5-9,16H,4,15H2,1-3H3. The first-order valence-electron chi connectivity index (χ1n) is 6.38. The third kappa shape index (κ3) is 2.50. The Balaban J connectivity index is 2.42. The molecule has 2 rings (SSSR count). The van der Waals surface area contributed by atoms with Crippen LogP contribution in [0.1, 0.15) is 32.4 Å². The van der Waals surface area contributed by atoms with E-state index < -0.39 is 0 Å². The number of ether oxygens (including phenoxy) is 1. The first-order chi connectivity index (χ1) is 9.04. The topological polar surface area (TPSA) is 73.0 Å². The van der Waals surface area contributed by atoms with Crippen molar-refractivity contribution in [2.24, 2.45) is 0 Å². The van der Waals surface area contributed by atoms with E-state index in [-0.39, 0.29) is 17.2 Å². The van der Waals surface area contributed by atoms with E-state index in [1.54, 1.807) is 0 Å². The van der Waals surface area contributed by atoms with Gasteiger partial charge in [-0.05, 0) is 37.1 Å². The van der Waals surface area contributed by atoms with Crippen molar-refractivity contribution in [3.05, 3.63) is 40.3 Å². The van der Waals surface area contributed by atoms with Gasteiger partial charge in [-0.1, -0.05) is 13.8 Å². The fourth-order valence-electron chi connectivity index (χ4n) is 1.95. The molecule has 2 aromatic rings. The van der Waals surface area contributed by atoms with Crippen LogP contribution >= 0.6 is 0 Å². The molecule has 102 valence electrons. The molecule has 0 aliphatic heterocycles. The number of hydrogen-bond acceptors (Lipinski definition) is 3. The Morgan fingerprint density at radius 1 is 1.32 bits per heavy atom. The molecule has 0 amide bonds. The largest absolute Gasteiger partial charge is 0.494 e. The van der Waals surface area contributed by atoms with Crippen molar-refractivity contribution >= 4 is 5.69 Å². The van der Waals surface area contributed by atoms with E-state index in [1.807, 2.05) is 45.0 Å². The van der Waals surface area contributed by atoms with Gasteiger partial charge in [-0.3, -0.25) is 9.89 Å². The van der Waals surface area contributed by atoms with Gasteiger partial charge in [0.25, 0.3) is 5.56 Å². The fourth-order valence-corrected chi connectivity index (χ4v) is 1.95. The van der Waals surface area contributed by atoms with E-state index >= 15 is 0 Å². The minimum atomic E-state index is -0.215. The van der Waals surface area contributed by atoms with E-state index in [2.05, 4.69) is 5.10 Å². The summed E-state index contributed by atoms with van der Waals surface area (Å²) in [5, 5.41) is 3.06. The quantitative estimate of drug-likeness (QED) is 0.886. The molecule has 5 heteroatoms. The Hall–Kier alpha value is -2.17. The van der Waals surface area contributed by atoms with E-state index in [4.69, 9.17) is 10.5 Å². The summed E-state index contributed by atoms with van der Waals surface area (Å²) < 4.78 is 6.83. The van der Waals surface area contributed by atoms with Gasteiger partial charge in [-0.2, -0.15) is 0 Å². The number of rotatable bonds is 4. The van der Waals surface area contributed by atoms with Crippen LogP contribution in [0.4, 0.5) is 5.69 Å². The number of aromatic amines is 1. The minimum absolute atomic E-state index is 0.177. The molecule has 0 bridgehead atoms. The second kappa shape index (κ2) is 5.22. The summed E-state index contributed by atoms with van der Waals surface area (Å²) in [6, 6.07) is 7.31. The lowest BCUT2D eigenvalue weighted by atomic mass is 10.1. The number of anilines is 1. The maximum atomic E-state index is 12.1. The smallest absolute Gasteiger partial charge is 0.294 e. The van der Waals surface area contributed by atoms with Crippen LogP contribution in [0.3, 0.4) is 0 Å². The SMILES string of the molecule is CCOc1ccc(-n2[nH]c(C(C)C)c(N)c2=O)cc1. The molecule has 3 N–H and O–H groups in total. The highest BCUT2D eigenvalue weighted by molar-refractivity contribution is 5.46. The number of aromatic nitrogens is 2. The Bertz CT molecular complexity index is 609. The molecule has 0 unspecified atom stereocenters. The van der Waals surface area contributed by atoms with Crippen molar-refractivity contribution < 1.29 is 4.74 Å². The first kappa shape index (κ1) is 13.3. The van der Waals surface area contributed by atoms with Crippen LogP contribution in [0.15, 0.2) is 29.1 Å². The third-order valence-electron chi connectivity index (χ3n) is 2.94. The molecule has 1 aromatic heterocycles. The third-order valence-corrected chi connectivity index (χ3v) is 2.94. The van der Waals surface area contributed by atoms with Crippen molar-refractivity contribution in [3.8, 4) is 11.4 Å². The van der Waals surface area contributed by atoms with Crippen LogP contribution < -0.4 is 16.0 Å². The number of benzene rings is 1. The Labute approximate surface area is 112 Å². The number of nitrogens with one attached hydrogen (secondary N) is 1. The first-order valence-corrected chi connectivity index (χ1v) is 6.38. The predicted octanol–water partition coefficient (Wildman–Crippen LogP) is 2.27. The molecule has 0 atom stereocenters. The fraction of sp³-hybridized carbons (Fsp3) is 0.357. The summed E-state index contributed by atoms with van der Waals surface area (Å²) in [4.78, 5) is 12.1. The molecule has 1 heterocycles. The highest BCUT2D eigenvalue weighted by Gasteiger charge is 2.14. The van der Waals surface area contributed by atoms with Crippen molar-refractivity contribution in [2.45, 2.75) is 26.7 Å². The van der Waals surface area contributed by atoms with Crippen molar-refractivity contribution in [2.75, 3.05) is 12.3 Å². The zero-order chi connectivity index (χ0) is 14.0. The Kier molecular flexibility index (Phi) is 3.64. The van der Waals surface area contributed by atoms with E-state index in [1.165, 1.54) is 4.68 Å². The highest BCUT2D eigenvalue weighted by Crippen LogP contribution is 2.19. The number of nitrogen functional groups attached to an aromatic ring is 1. The van der Waals surface area contributed by atoms with Crippen LogP contribution in [0.25, 0.3) is 5.69 Å². The molecule has 0 aliphatic carbocycles. The molecular formula is C14H19N3O2. The molecule has 0 aliphatic rings. The van der Waals surface area contributed by atoms with E-state index in [0.29, 0.717) is 6.61 Å². The minimum Gasteiger partial charge on any atom is -0.494 e. The molecule has 0 saturated heterocycles. The maximum Gasteiger partial charge on any atom is 0.294 e. The average molecular weight is 261 g/mol. The number of hydrogen-bond donors (Lipinski definition) is 2. The summed E-state index contributed by atoms with van der Waals surface area (Å²) in [5.74, 6) is 0.958. The molecule has 0 spiro atoms. The lowest BCUT2D eigenvalue weighted by Crippen LogP contribution is -2.16. The second-order valence-electron chi connectivity index (χ2n) is 4.66. The predicted molar refractivity (Wildman–Crippen MR) is 76.1 cm³/mol. The summed E-state index contributed by atoms with van der Waals surface area (Å²) in [6.07, 6.45) is 0. The van der Waals surface area contributed by atoms with Crippen LogP contribution in [0.5, 0.6) is 5.75 Å². The molecule has 19 heavy (non-hydrogen) atoms. The summed E-state index contributed by atoms with van der Waals surface area (Å²) in [5.41, 5.74) is 7.40. The molecule has 0 saturated carbocycles. The monoisotopic (exact) mass is 261 g/mol. The van der Waals surface area contributed by atoms with E-state index in [0.717, 1.165) is 17.1 Å². The lowest BCUT2D eigenvalue weighted by molar-refractivity contribution is 0.340. The van der Waals surface area contributed by atoms with Crippen LogP contribution in [0, 0.1) is 0 Å². The number of nitrogens with two attached hydrogens (primary N) is 1. The average Bonchev–Trinajstić information content (AvgIpc) is 2.68. The Morgan fingerprint density at radius 3 is 2.42 bits per heavy atom. The maximum absolute atomic E-state index is 12.1. The second-order valence-corrected chi connectivity index (χ2v) is 4.66. The van der Waals surface area contributed by atoms with Gasteiger partial charge in [0, 0.05) is 0 Å². The zero-order valence-electron chi connectivity index (χ0n) is 11.4. The van der Waals surface area contributed by atoms with E-state index in [9.17, 15) is 4.79 Å². The van der Waals surface area contributed by atoms with Gasteiger partial charge >= 0.3 is 0 Å². The van der Waals surface area contributed by atoms with Gasteiger partial charge in [0.2, 0.25) is 0 Å². The summed E-state index contributed by atoms with van der Waals surface area (Å²) in [6.45, 7) is 6.53. The van der Waals surface area contributed by atoms with Gasteiger partial charge in [0.15, 0.2) is 0 Å². The van der Waals surface area contributed by atoms with Gasteiger partial charge < -0.3 is 10.5 Å². The number of H-pyrrole nitrogens is 1. The summed E-state index contributed by atoms with van der Waals surface area (Å²) in [7, 11) is 0. The van der Waals surface area contributed by atoms with Crippen LogP contribution in [-0.2, 0) is 0 Å². The highest BCUT2D eigenvalue weighted by atomic mass is 16.5. The van der Waals surface area contributed by atoms with Gasteiger partial charge in [-0.25, -0.2) is 4.68 Å². The normalized spacial score (nSPS) is 10.9. The van der Waals surface area contributed by atoms with Crippen molar-refractivity contribution in [1.82, 2.24) is 9.78 Å². The molecule has 5 nitrogen and oxygen atoms in total. The van der Waals surface area contributed by atoms with Crippen LogP contribution in [0.2, 0.25) is 0 Å². The summed E-state index contributed by atoms with van der Waals surface area (Å²) >= 11 is 0. The Morgan fingerprint density at radius 2 is 1.95 bits per heavy atom. The van der Waals surface area contributed by atoms with Crippen molar-refractivity contribution in [1.29, 1.82) is 0 Å². The number of nitrogens with zero attached hydrogens (tertiary/aromatic N) is 1. The van der Waals surface area contributed by atoms with Gasteiger partial charge in [0.1, 0.15) is 11.4 Å². The molecular weight excluding hydrogens is 242 g/mol. The van der Waals surface area contributed by atoms with Gasteiger partial charge in [-0.15, -0.1) is 0 Å². The van der Waals surface area contributed by atoms with Crippen molar-refractivity contribution in [3.63, 3.8) is 0 Å². The van der Waals surface area contributed by atoms with Crippen LogP contribution in [-0.4, -0.2) is 16.4 Å². The lowest BCUT2D eigenvalue weighted by Gasteiger charge is -2.06. The zero-order valence-corrected chi connectivity index (χ0v) is 11.4. The molecule has 1 aromatic carbocycles. The molecule has 0 radical (unpaired) electrons. The van der Waals surface area contributed by atoms with Gasteiger partial charge in [0.05, 0.1) is 18.0 Å².